The summed E-state index contributed by atoms with van der Waals surface area (Å²) in [6.07, 6.45) is 0.218. The molecule has 2 rings (SSSR count). The van der Waals surface area contributed by atoms with Crippen molar-refractivity contribution in [1.29, 1.82) is 0 Å². The maximum absolute atomic E-state index is 12.5. The van der Waals surface area contributed by atoms with Gasteiger partial charge in [-0.05, 0) is 24.5 Å². The van der Waals surface area contributed by atoms with Crippen LogP contribution in [0.4, 0.5) is 0 Å². The number of benzene rings is 1. The quantitative estimate of drug-likeness (QED) is 0.861. The van der Waals surface area contributed by atoms with Crippen LogP contribution in [0.5, 0.6) is 0 Å². The van der Waals surface area contributed by atoms with E-state index < -0.39 is 5.97 Å². The highest BCUT2D eigenvalue weighted by atomic mass is 16.4. The van der Waals surface area contributed by atoms with E-state index in [1.807, 2.05) is 45.0 Å². The molecule has 1 heterocycles. The summed E-state index contributed by atoms with van der Waals surface area (Å²) in [5.74, 6) is -0.902. The zero-order valence-corrected chi connectivity index (χ0v) is 13.2. The number of carboxylic acids is 1. The Bertz CT molecular complexity index is 688. The molecule has 0 saturated carbocycles. The third kappa shape index (κ3) is 3.67. The van der Waals surface area contributed by atoms with E-state index in [2.05, 4.69) is 4.98 Å². The number of hydrogen-bond acceptors (Lipinski definition) is 2. The first-order chi connectivity index (χ1) is 10.4. The Morgan fingerprint density at radius 1 is 1.27 bits per heavy atom. The van der Waals surface area contributed by atoms with Gasteiger partial charge in [-0.2, -0.15) is 0 Å². The smallest absolute Gasteiger partial charge is 0.323 e. The number of hydrogen-bond donors (Lipinski definition) is 2. The molecule has 1 amide bonds. The number of amides is 1. The average Bonchev–Trinajstić information content (AvgIpc) is 2.73. The Morgan fingerprint density at radius 2 is 1.95 bits per heavy atom. The molecule has 0 aliphatic rings. The van der Waals surface area contributed by atoms with Gasteiger partial charge in [-0.1, -0.05) is 32.0 Å². The molecule has 5 nitrogen and oxygen atoms in total. The van der Waals surface area contributed by atoms with Gasteiger partial charge in [0.25, 0.3) is 0 Å². The number of fused-ring (bicyclic) bond motifs is 1. The second-order valence-corrected chi connectivity index (χ2v) is 6.01. The van der Waals surface area contributed by atoms with Gasteiger partial charge >= 0.3 is 5.97 Å². The zero-order chi connectivity index (χ0) is 16.3. The topological polar surface area (TPSA) is 73.4 Å². The summed E-state index contributed by atoms with van der Waals surface area (Å²) >= 11 is 0. The van der Waals surface area contributed by atoms with E-state index in [0.29, 0.717) is 6.54 Å². The van der Waals surface area contributed by atoms with Gasteiger partial charge in [-0.25, -0.2) is 0 Å². The first-order valence-electron chi connectivity index (χ1n) is 7.44. The van der Waals surface area contributed by atoms with Gasteiger partial charge < -0.3 is 15.0 Å². The van der Waals surface area contributed by atoms with Crippen molar-refractivity contribution in [1.82, 2.24) is 9.88 Å². The van der Waals surface area contributed by atoms with Crippen molar-refractivity contribution in [3.05, 3.63) is 35.5 Å². The number of nitrogens with zero attached hydrogens (tertiary/aromatic N) is 1. The molecule has 2 aromatic rings. The van der Waals surface area contributed by atoms with Gasteiger partial charge in [0, 0.05) is 23.1 Å². The predicted molar refractivity (Wildman–Crippen MR) is 85.8 cm³/mol. The number of carboxylic acid groups (broad SMARTS) is 1. The van der Waals surface area contributed by atoms with Crippen LogP contribution < -0.4 is 0 Å². The minimum absolute atomic E-state index is 0.149. The maximum Gasteiger partial charge on any atom is 0.323 e. The van der Waals surface area contributed by atoms with E-state index in [1.54, 1.807) is 0 Å². The number of aliphatic carboxylic acids is 1. The van der Waals surface area contributed by atoms with Gasteiger partial charge in [-0.15, -0.1) is 0 Å². The van der Waals surface area contributed by atoms with E-state index in [-0.39, 0.29) is 24.8 Å². The van der Waals surface area contributed by atoms with Gasteiger partial charge in [-0.3, -0.25) is 9.59 Å². The fourth-order valence-corrected chi connectivity index (χ4v) is 2.68. The van der Waals surface area contributed by atoms with Gasteiger partial charge in [0.05, 0.1) is 6.42 Å². The maximum atomic E-state index is 12.5. The van der Waals surface area contributed by atoms with Crippen LogP contribution in [0.2, 0.25) is 0 Å². The van der Waals surface area contributed by atoms with E-state index in [9.17, 15) is 9.59 Å². The minimum Gasteiger partial charge on any atom is -0.480 e. The minimum atomic E-state index is -0.982. The summed E-state index contributed by atoms with van der Waals surface area (Å²) in [7, 11) is 0. The van der Waals surface area contributed by atoms with Crippen molar-refractivity contribution in [2.75, 3.05) is 13.1 Å². The largest absolute Gasteiger partial charge is 0.480 e. The molecule has 0 radical (unpaired) electrons. The number of aryl methyl sites for hydroxylation is 1. The summed E-state index contributed by atoms with van der Waals surface area (Å²) in [4.78, 5) is 28.2. The summed E-state index contributed by atoms with van der Waals surface area (Å²) in [5, 5.41) is 10.0. The average molecular weight is 302 g/mol. The molecule has 0 aliphatic carbocycles. The predicted octanol–water partition coefficient (Wildman–Crippen LogP) is 2.59. The number of H-pyrrole nitrogens is 1. The molecule has 0 aliphatic heterocycles. The fraction of sp³-hybridized carbons (Fsp3) is 0.412. The Kier molecular flexibility index (Phi) is 4.85. The van der Waals surface area contributed by atoms with Crippen LogP contribution in [0, 0.1) is 12.8 Å². The fourth-order valence-electron chi connectivity index (χ4n) is 2.68. The van der Waals surface area contributed by atoms with Crippen molar-refractivity contribution in [3.63, 3.8) is 0 Å². The normalized spacial score (nSPS) is 11.1. The lowest BCUT2D eigenvalue weighted by atomic mass is 10.1. The molecule has 0 atom stereocenters. The molecular formula is C17H22N2O3. The van der Waals surface area contributed by atoms with E-state index >= 15 is 0 Å². The molecule has 2 N–H and O–H groups in total. The molecule has 1 aromatic carbocycles. The van der Waals surface area contributed by atoms with Crippen molar-refractivity contribution < 1.29 is 14.7 Å². The van der Waals surface area contributed by atoms with Crippen molar-refractivity contribution in [2.24, 2.45) is 5.92 Å². The molecule has 0 saturated heterocycles. The van der Waals surface area contributed by atoms with Gasteiger partial charge in [0.2, 0.25) is 5.91 Å². The SMILES string of the molecule is Cc1[nH]c2ccccc2c1CC(=O)N(CC(=O)O)CC(C)C. The molecule has 0 spiro atoms. The molecule has 1 aromatic heterocycles. The monoisotopic (exact) mass is 302 g/mol. The Labute approximate surface area is 129 Å². The Balaban J connectivity index is 2.24. The molecule has 5 heteroatoms. The van der Waals surface area contributed by atoms with Crippen LogP contribution in [0.25, 0.3) is 10.9 Å². The first kappa shape index (κ1) is 16.1. The third-order valence-corrected chi connectivity index (χ3v) is 3.62. The first-order valence-corrected chi connectivity index (χ1v) is 7.44. The van der Waals surface area contributed by atoms with Crippen LogP contribution in [0.1, 0.15) is 25.1 Å². The number of nitrogens with one attached hydrogen (secondary N) is 1. The molecule has 0 fully saturated rings. The highest BCUT2D eigenvalue weighted by Crippen LogP contribution is 2.22. The highest BCUT2D eigenvalue weighted by molar-refractivity contribution is 5.91. The summed E-state index contributed by atoms with van der Waals surface area (Å²) < 4.78 is 0. The molecule has 0 unspecified atom stereocenters. The number of carbonyl (C=O) groups is 2. The van der Waals surface area contributed by atoms with Crippen molar-refractivity contribution >= 4 is 22.8 Å². The Morgan fingerprint density at radius 3 is 2.59 bits per heavy atom. The number of aromatic amines is 1. The van der Waals surface area contributed by atoms with Crippen LogP contribution in [0.15, 0.2) is 24.3 Å². The van der Waals surface area contributed by atoms with E-state index in [0.717, 1.165) is 22.2 Å². The van der Waals surface area contributed by atoms with Gasteiger partial charge in [0.15, 0.2) is 0 Å². The van der Waals surface area contributed by atoms with Crippen LogP contribution in [-0.4, -0.2) is 40.0 Å². The van der Waals surface area contributed by atoms with Crippen LogP contribution in [-0.2, 0) is 16.0 Å². The number of para-hydroxylation sites is 1. The lowest BCUT2D eigenvalue weighted by Gasteiger charge is -2.22. The van der Waals surface area contributed by atoms with Crippen molar-refractivity contribution in [2.45, 2.75) is 27.2 Å². The molecule has 22 heavy (non-hydrogen) atoms. The standard InChI is InChI=1S/C17H22N2O3/c1-11(2)9-19(10-17(21)22)16(20)8-14-12(3)18-15-7-5-4-6-13(14)15/h4-7,11,18H,8-10H2,1-3H3,(H,21,22). The molecule has 118 valence electrons. The highest BCUT2D eigenvalue weighted by Gasteiger charge is 2.20. The lowest BCUT2D eigenvalue weighted by Crippen LogP contribution is -2.39. The Hall–Kier alpha value is -2.30. The number of carbonyl (C=O) groups excluding carboxylic acids is 1. The third-order valence-electron chi connectivity index (χ3n) is 3.62. The molecule has 0 bridgehead atoms. The summed E-state index contributed by atoms with van der Waals surface area (Å²) in [6, 6.07) is 7.83. The number of rotatable bonds is 6. The molecular weight excluding hydrogens is 280 g/mol. The summed E-state index contributed by atoms with van der Waals surface area (Å²) in [5.41, 5.74) is 2.89. The zero-order valence-electron chi connectivity index (χ0n) is 13.2. The van der Waals surface area contributed by atoms with Crippen LogP contribution >= 0.6 is 0 Å². The summed E-state index contributed by atoms with van der Waals surface area (Å²) in [6.45, 7) is 6.08. The van der Waals surface area contributed by atoms with Crippen LogP contribution in [0.3, 0.4) is 0 Å². The van der Waals surface area contributed by atoms with E-state index in [1.165, 1.54) is 4.90 Å². The lowest BCUT2D eigenvalue weighted by molar-refractivity contribution is -0.144. The second kappa shape index (κ2) is 6.64. The van der Waals surface area contributed by atoms with Gasteiger partial charge in [0.1, 0.15) is 6.54 Å². The number of aromatic nitrogens is 1. The van der Waals surface area contributed by atoms with E-state index in [4.69, 9.17) is 5.11 Å². The second-order valence-electron chi connectivity index (χ2n) is 6.01. The van der Waals surface area contributed by atoms with Crippen molar-refractivity contribution in [3.8, 4) is 0 Å².